The fourth-order valence-electron chi connectivity index (χ4n) is 5.54. The number of hydrogen-bond donors (Lipinski definition) is 1. The van der Waals surface area contributed by atoms with Crippen molar-refractivity contribution in [2.24, 2.45) is 0 Å². The van der Waals surface area contributed by atoms with E-state index in [1.54, 1.807) is 0 Å². The molecule has 2 aliphatic heterocycles. The van der Waals surface area contributed by atoms with Crippen LogP contribution in [0.2, 0.25) is 5.02 Å². The molecule has 1 amide bonds. The van der Waals surface area contributed by atoms with Gasteiger partial charge >= 0.3 is 6.03 Å². The predicted molar refractivity (Wildman–Crippen MR) is 150 cm³/mol. The Bertz CT molecular complexity index is 1640. The molecule has 0 saturated carbocycles. The van der Waals surface area contributed by atoms with Gasteiger partial charge in [-0.15, -0.1) is 0 Å². The number of rotatable bonds is 3. The number of ether oxygens (including phenoxy) is 1. The average molecular weight is 597 g/mol. The monoisotopic (exact) mass is 596 g/mol. The second-order valence-electron chi connectivity index (χ2n) is 9.44. The molecule has 1 fully saturated rings. The van der Waals surface area contributed by atoms with Crippen molar-refractivity contribution in [3.63, 3.8) is 0 Å². The lowest BCUT2D eigenvalue weighted by molar-refractivity contribution is 0.154. The first-order valence-corrected chi connectivity index (χ1v) is 13.9. The summed E-state index contributed by atoms with van der Waals surface area (Å²) < 4.78 is 36.8. The van der Waals surface area contributed by atoms with Crippen molar-refractivity contribution in [2.75, 3.05) is 24.6 Å². The first-order valence-electron chi connectivity index (χ1n) is 13.5. The van der Waals surface area contributed by atoms with Gasteiger partial charge in [-0.25, -0.2) is 23.5 Å². The van der Waals surface area contributed by atoms with Gasteiger partial charge in [0.25, 0.3) is 0 Å². The van der Waals surface area contributed by atoms with E-state index in [0.717, 1.165) is 10.9 Å². The van der Waals surface area contributed by atoms with Crippen molar-refractivity contribution in [3.05, 3.63) is 53.6 Å². The number of benzene rings is 2. The van der Waals surface area contributed by atoms with E-state index in [2.05, 4.69) is 20.2 Å². The molecule has 0 aliphatic carbocycles. The van der Waals surface area contributed by atoms with Crippen LogP contribution in [-0.2, 0) is 0 Å². The van der Waals surface area contributed by atoms with E-state index in [1.165, 1.54) is 35.8 Å². The molecule has 11 nitrogen and oxygen atoms in total. The van der Waals surface area contributed by atoms with Crippen LogP contribution < -0.4 is 9.64 Å². The summed E-state index contributed by atoms with van der Waals surface area (Å²) in [5, 5.41) is 27.6. The van der Waals surface area contributed by atoms with Crippen LogP contribution in [0.15, 0.2) is 36.9 Å². The highest BCUT2D eigenvalue weighted by Gasteiger charge is 2.38. The Morgan fingerprint density at radius 1 is 1.21 bits per heavy atom. The van der Waals surface area contributed by atoms with Gasteiger partial charge in [0.15, 0.2) is 11.6 Å². The molecular weight excluding hydrogens is 570 g/mol. The molecule has 0 spiro atoms. The maximum Gasteiger partial charge on any atom is 0.363 e. The number of aromatic hydroxyl groups is 1. The van der Waals surface area contributed by atoms with E-state index >= 15 is 4.39 Å². The maximum atomic E-state index is 16.0. The van der Waals surface area contributed by atoms with E-state index in [-0.39, 0.29) is 58.0 Å². The third-order valence-corrected chi connectivity index (χ3v) is 7.68. The zero-order valence-corrected chi connectivity index (χ0v) is 23.6. The summed E-state index contributed by atoms with van der Waals surface area (Å²) in [4.78, 5) is 26.0. The van der Waals surface area contributed by atoms with Gasteiger partial charge in [0.05, 0.1) is 41.0 Å². The Balaban J connectivity index is 0.00000173. The molecule has 2 aliphatic rings. The normalized spacial score (nSPS) is 17.6. The number of carbonyl (C=O) groups excluding carboxylic acids is 1. The van der Waals surface area contributed by atoms with Crippen LogP contribution in [-0.4, -0.2) is 72.8 Å². The number of hydrogen-bond acceptors (Lipinski definition) is 9. The molecule has 14 heteroatoms. The first-order chi connectivity index (χ1) is 20.4. The molecule has 0 bridgehead atoms. The van der Waals surface area contributed by atoms with Crippen LogP contribution in [0.1, 0.15) is 33.1 Å². The predicted octanol–water partition coefficient (Wildman–Crippen LogP) is 5.17. The first kappa shape index (κ1) is 28.9. The average Bonchev–Trinajstić information content (AvgIpc) is 3.54. The van der Waals surface area contributed by atoms with Gasteiger partial charge in [-0.1, -0.05) is 36.3 Å². The Kier molecular flexibility index (Phi) is 8.35. The van der Waals surface area contributed by atoms with Crippen LogP contribution in [0.4, 0.5) is 19.4 Å². The van der Waals surface area contributed by atoms with Crippen molar-refractivity contribution >= 4 is 34.4 Å². The number of phenolic OH excluding ortho intramolecular Hbond substituents is 1. The minimum Gasteiger partial charge on any atom is -0.507 e. The SMILES string of the molecule is CC.N#CCN(C(=O)n1nccn1)C1CCN2c3ncnc4c(F)c(-c5c(O)cccc5F)c(Cl)c(c34)OCCC2C1. The number of carbonyl (C=O) groups is 1. The lowest BCUT2D eigenvalue weighted by atomic mass is 9.92. The highest BCUT2D eigenvalue weighted by atomic mass is 35.5. The van der Waals surface area contributed by atoms with Gasteiger partial charge in [0, 0.05) is 30.6 Å². The molecular formula is C28H27ClF2N8O3. The molecule has 2 aromatic heterocycles. The molecule has 2 aromatic carbocycles. The molecule has 2 atom stereocenters. The van der Waals surface area contributed by atoms with Crippen LogP contribution in [0.3, 0.4) is 0 Å². The molecule has 2 unspecified atom stereocenters. The molecule has 1 N–H and O–H groups in total. The molecule has 218 valence electrons. The number of nitrogens with zero attached hydrogens (tertiary/aromatic N) is 8. The second-order valence-corrected chi connectivity index (χ2v) is 9.81. The number of anilines is 1. The van der Waals surface area contributed by atoms with E-state index in [1.807, 2.05) is 24.8 Å². The highest BCUT2D eigenvalue weighted by molar-refractivity contribution is 6.36. The summed E-state index contributed by atoms with van der Waals surface area (Å²) in [6.07, 6.45) is 5.45. The zero-order chi connectivity index (χ0) is 30.0. The van der Waals surface area contributed by atoms with Crippen LogP contribution in [0.5, 0.6) is 11.5 Å². The molecule has 1 saturated heterocycles. The van der Waals surface area contributed by atoms with E-state index < -0.39 is 23.4 Å². The van der Waals surface area contributed by atoms with Crippen LogP contribution in [0, 0.1) is 23.0 Å². The summed E-state index contributed by atoms with van der Waals surface area (Å²) in [6, 6.07) is 4.72. The summed E-state index contributed by atoms with van der Waals surface area (Å²) in [5.74, 6) is -1.76. The summed E-state index contributed by atoms with van der Waals surface area (Å²) in [7, 11) is 0. The van der Waals surface area contributed by atoms with Crippen LogP contribution in [0.25, 0.3) is 22.0 Å². The number of phenols is 1. The molecule has 4 heterocycles. The molecule has 6 rings (SSSR count). The Hall–Kier alpha value is -4.57. The molecule has 42 heavy (non-hydrogen) atoms. The standard InChI is InChI=1S/C26H21ClF2N8O3.C2H6/c27-21-19(18-16(28)2-1-3-17(18)38)22(29)23-20-24(21)40-11-5-15-12-14(4-9-35(15)25(20)32-13-31-23)36(10-6-30)26(39)37-33-7-8-34-37;1-2/h1-3,7-8,13-15,38H,4-5,9-12H2;1-2H3. The number of amides is 1. The Labute approximate surface area is 244 Å². The fourth-order valence-corrected chi connectivity index (χ4v) is 5.87. The van der Waals surface area contributed by atoms with Gasteiger partial charge < -0.3 is 19.6 Å². The number of fused-ring (bicyclic) bond motifs is 2. The minimum absolute atomic E-state index is 0.0953. The van der Waals surface area contributed by atoms with Crippen molar-refractivity contribution in [2.45, 2.75) is 45.2 Å². The quantitative estimate of drug-likeness (QED) is 0.318. The summed E-state index contributed by atoms with van der Waals surface area (Å²) in [6.45, 7) is 4.46. The van der Waals surface area contributed by atoms with Crippen molar-refractivity contribution in [1.29, 1.82) is 5.26 Å². The number of aromatic nitrogens is 5. The van der Waals surface area contributed by atoms with Gasteiger partial charge in [0.2, 0.25) is 0 Å². The third-order valence-electron chi connectivity index (χ3n) is 7.32. The Morgan fingerprint density at radius 2 is 1.98 bits per heavy atom. The number of halogens is 3. The van der Waals surface area contributed by atoms with Gasteiger partial charge in [-0.3, -0.25) is 0 Å². The lowest BCUT2D eigenvalue weighted by Gasteiger charge is -2.44. The van der Waals surface area contributed by atoms with E-state index in [9.17, 15) is 19.6 Å². The highest BCUT2D eigenvalue weighted by Crippen LogP contribution is 2.49. The topological polar surface area (TPSA) is 133 Å². The molecule has 4 aromatic rings. The largest absolute Gasteiger partial charge is 0.507 e. The Morgan fingerprint density at radius 3 is 2.69 bits per heavy atom. The number of nitriles is 1. The number of piperidine rings is 1. The second kappa shape index (κ2) is 12.1. The van der Waals surface area contributed by atoms with Gasteiger partial charge in [-0.2, -0.15) is 15.5 Å². The summed E-state index contributed by atoms with van der Waals surface area (Å²) >= 11 is 6.66. The van der Waals surface area contributed by atoms with Crippen molar-refractivity contribution in [3.8, 4) is 28.7 Å². The fraction of sp³-hybridized carbons (Fsp3) is 0.357. The minimum atomic E-state index is -0.916. The maximum absolute atomic E-state index is 16.0. The van der Waals surface area contributed by atoms with E-state index in [4.69, 9.17) is 16.3 Å². The third kappa shape index (κ3) is 4.92. The van der Waals surface area contributed by atoms with Gasteiger partial charge in [-0.05, 0) is 25.0 Å². The van der Waals surface area contributed by atoms with Gasteiger partial charge in [0.1, 0.15) is 35.8 Å². The lowest BCUT2D eigenvalue weighted by Crippen LogP contribution is -2.53. The zero-order valence-electron chi connectivity index (χ0n) is 22.8. The molecule has 0 radical (unpaired) electrons. The smallest absolute Gasteiger partial charge is 0.363 e. The van der Waals surface area contributed by atoms with Crippen molar-refractivity contribution in [1.82, 2.24) is 29.9 Å². The van der Waals surface area contributed by atoms with Crippen LogP contribution >= 0.6 is 11.6 Å². The van der Waals surface area contributed by atoms with Crippen molar-refractivity contribution < 1.29 is 23.4 Å². The summed E-state index contributed by atoms with van der Waals surface area (Å²) in [5.41, 5.74) is -0.865. The van der Waals surface area contributed by atoms with E-state index in [0.29, 0.717) is 31.6 Å².